The van der Waals surface area contributed by atoms with Gasteiger partial charge in [-0.3, -0.25) is 14.5 Å². The maximum Gasteiger partial charge on any atom is 0.240 e. The minimum atomic E-state index is -0.0229. The van der Waals surface area contributed by atoms with E-state index in [0.29, 0.717) is 24.1 Å². The summed E-state index contributed by atoms with van der Waals surface area (Å²) < 4.78 is 0. The fourth-order valence-corrected chi connectivity index (χ4v) is 4.83. The number of amides is 2. The SMILES string of the molecule is CCc1nc(NC(=O)CN2CCCC(CNC(=O)C3CCCN3)C2)sc1C.Cl.Cl. The molecule has 2 atom stereocenters. The Kier molecular flexibility index (Phi) is 11.4. The Morgan fingerprint density at radius 3 is 2.72 bits per heavy atom. The van der Waals surface area contributed by atoms with E-state index in [4.69, 9.17) is 0 Å². The number of piperidine rings is 1. The molecular weight excluding hydrogens is 433 g/mol. The lowest BCUT2D eigenvalue weighted by molar-refractivity contribution is -0.123. The molecule has 1 aromatic rings. The fraction of sp³-hybridized carbons (Fsp3) is 0.737. The first kappa shape index (κ1) is 26.1. The molecule has 29 heavy (non-hydrogen) atoms. The van der Waals surface area contributed by atoms with Gasteiger partial charge in [0, 0.05) is 18.0 Å². The van der Waals surface area contributed by atoms with Crippen LogP contribution in [0.15, 0.2) is 0 Å². The summed E-state index contributed by atoms with van der Waals surface area (Å²) in [6, 6.07) is -0.0229. The normalized spacial score (nSPS) is 21.7. The van der Waals surface area contributed by atoms with Gasteiger partial charge in [0.2, 0.25) is 11.8 Å². The number of halogens is 2. The van der Waals surface area contributed by atoms with Crippen LogP contribution in [-0.4, -0.2) is 60.5 Å². The maximum absolute atomic E-state index is 12.4. The number of nitrogens with one attached hydrogen (secondary N) is 3. The fourth-order valence-electron chi connectivity index (χ4n) is 3.91. The van der Waals surface area contributed by atoms with Gasteiger partial charge in [-0.15, -0.1) is 36.2 Å². The molecule has 0 aromatic carbocycles. The molecule has 3 heterocycles. The molecule has 0 saturated carbocycles. The zero-order chi connectivity index (χ0) is 19.2. The molecular formula is C19H33Cl2N5O2S. The van der Waals surface area contributed by atoms with E-state index in [2.05, 4.69) is 32.8 Å². The zero-order valence-electron chi connectivity index (χ0n) is 17.2. The summed E-state index contributed by atoms with van der Waals surface area (Å²) >= 11 is 1.54. The molecule has 3 rings (SSSR count). The van der Waals surface area contributed by atoms with Gasteiger partial charge >= 0.3 is 0 Å². The number of carbonyl (C=O) groups is 2. The number of carbonyl (C=O) groups excluding carboxylic acids is 2. The number of hydrogen-bond acceptors (Lipinski definition) is 6. The lowest BCUT2D eigenvalue weighted by atomic mass is 9.98. The van der Waals surface area contributed by atoms with Gasteiger partial charge in [0.1, 0.15) is 0 Å². The molecule has 2 saturated heterocycles. The average Bonchev–Trinajstić information content (AvgIpc) is 3.29. The Morgan fingerprint density at radius 1 is 1.28 bits per heavy atom. The summed E-state index contributed by atoms with van der Waals surface area (Å²) in [5.74, 6) is 0.519. The van der Waals surface area contributed by atoms with Crippen LogP contribution < -0.4 is 16.0 Å². The number of nitrogens with zero attached hydrogens (tertiary/aromatic N) is 2. The first-order chi connectivity index (χ1) is 13.0. The predicted molar refractivity (Wildman–Crippen MR) is 123 cm³/mol. The van der Waals surface area contributed by atoms with Crippen LogP contribution in [0, 0.1) is 12.8 Å². The van der Waals surface area contributed by atoms with Gasteiger partial charge in [-0.05, 0) is 58.0 Å². The Morgan fingerprint density at radius 2 is 2.07 bits per heavy atom. The molecule has 166 valence electrons. The molecule has 2 unspecified atom stereocenters. The minimum Gasteiger partial charge on any atom is -0.354 e. The number of aryl methyl sites for hydroxylation is 2. The van der Waals surface area contributed by atoms with E-state index in [0.717, 1.165) is 57.4 Å². The van der Waals surface area contributed by atoms with Crippen molar-refractivity contribution in [3.63, 3.8) is 0 Å². The van der Waals surface area contributed by atoms with Crippen molar-refractivity contribution < 1.29 is 9.59 Å². The lowest BCUT2D eigenvalue weighted by Gasteiger charge is -2.32. The van der Waals surface area contributed by atoms with Gasteiger partial charge in [0.15, 0.2) is 5.13 Å². The number of rotatable bonds is 7. The van der Waals surface area contributed by atoms with Crippen molar-refractivity contribution in [2.24, 2.45) is 5.92 Å². The van der Waals surface area contributed by atoms with Gasteiger partial charge in [-0.2, -0.15) is 0 Å². The third-order valence-corrected chi connectivity index (χ3v) is 6.31. The number of likely N-dealkylation sites (tertiary alicyclic amines) is 1. The standard InChI is InChI=1S/C19H31N5O2S.2ClH/c1-3-15-13(2)27-19(22-15)23-17(25)12-24-9-5-6-14(11-24)10-21-18(26)16-7-4-8-20-16;;/h14,16,20H,3-12H2,1-2H3,(H,21,26)(H,22,23,25);2*1H. The van der Waals surface area contributed by atoms with Gasteiger partial charge in [-0.25, -0.2) is 4.98 Å². The van der Waals surface area contributed by atoms with E-state index in [1.807, 2.05) is 6.92 Å². The highest BCUT2D eigenvalue weighted by Crippen LogP contribution is 2.22. The number of anilines is 1. The van der Waals surface area contributed by atoms with E-state index in [-0.39, 0.29) is 42.7 Å². The second kappa shape index (κ2) is 12.7. The van der Waals surface area contributed by atoms with E-state index >= 15 is 0 Å². The highest BCUT2D eigenvalue weighted by Gasteiger charge is 2.25. The van der Waals surface area contributed by atoms with Crippen LogP contribution in [-0.2, 0) is 16.0 Å². The molecule has 2 aliphatic heterocycles. The van der Waals surface area contributed by atoms with E-state index < -0.39 is 0 Å². The van der Waals surface area contributed by atoms with Crippen molar-refractivity contribution in [1.82, 2.24) is 20.5 Å². The quantitative estimate of drug-likeness (QED) is 0.575. The molecule has 3 N–H and O–H groups in total. The molecule has 0 radical (unpaired) electrons. The second-order valence-corrected chi connectivity index (χ2v) is 8.76. The topological polar surface area (TPSA) is 86.4 Å². The molecule has 10 heteroatoms. The summed E-state index contributed by atoms with van der Waals surface area (Å²) in [6.45, 7) is 7.90. The number of thiazole rings is 1. The predicted octanol–water partition coefficient (Wildman–Crippen LogP) is 2.38. The molecule has 0 spiro atoms. The van der Waals surface area contributed by atoms with Crippen LogP contribution >= 0.6 is 36.2 Å². The van der Waals surface area contributed by atoms with Crippen LogP contribution in [0.3, 0.4) is 0 Å². The molecule has 2 fully saturated rings. The molecule has 2 amide bonds. The maximum atomic E-state index is 12.4. The Balaban J connectivity index is 0.00000210. The zero-order valence-corrected chi connectivity index (χ0v) is 19.6. The van der Waals surface area contributed by atoms with Crippen LogP contribution in [0.5, 0.6) is 0 Å². The molecule has 0 bridgehead atoms. The molecule has 0 aliphatic carbocycles. The smallest absolute Gasteiger partial charge is 0.240 e. The average molecular weight is 466 g/mol. The van der Waals surface area contributed by atoms with Crippen molar-refractivity contribution in [1.29, 1.82) is 0 Å². The van der Waals surface area contributed by atoms with Crippen LogP contribution in [0.1, 0.15) is 43.2 Å². The first-order valence-electron chi connectivity index (χ1n) is 10.0. The summed E-state index contributed by atoms with van der Waals surface area (Å²) in [5, 5.41) is 9.95. The molecule has 1 aromatic heterocycles. The molecule has 7 nitrogen and oxygen atoms in total. The summed E-state index contributed by atoms with van der Waals surface area (Å²) in [7, 11) is 0. The van der Waals surface area contributed by atoms with Gasteiger partial charge in [-0.1, -0.05) is 6.92 Å². The summed E-state index contributed by atoms with van der Waals surface area (Å²) in [5.41, 5.74) is 1.06. The second-order valence-electron chi connectivity index (χ2n) is 7.56. The van der Waals surface area contributed by atoms with Crippen molar-refractivity contribution in [3.05, 3.63) is 10.6 Å². The van der Waals surface area contributed by atoms with Crippen LogP contribution in [0.4, 0.5) is 5.13 Å². The van der Waals surface area contributed by atoms with Gasteiger partial charge < -0.3 is 16.0 Å². The van der Waals surface area contributed by atoms with Crippen molar-refractivity contribution in [2.75, 3.05) is 38.0 Å². The minimum absolute atomic E-state index is 0. The van der Waals surface area contributed by atoms with Crippen LogP contribution in [0.2, 0.25) is 0 Å². The van der Waals surface area contributed by atoms with Gasteiger partial charge in [0.05, 0.1) is 18.3 Å². The lowest BCUT2D eigenvalue weighted by Crippen LogP contribution is -2.46. The third-order valence-electron chi connectivity index (χ3n) is 5.39. The number of aromatic nitrogens is 1. The van der Waals surface area contributed by atoms with Crippen molar-refractivity contribution in [2.45, 2.75) is 52.0 Å². The van der Waals surface area contributed by atoms with E-state index in [9.17, 15) is 9.59 Å². The third kappa shape index (κ3) is 7.68. The summed E-state index contributed by atoms with van der Waals surface area (Å²) in [4.78, 5) is 32.3. The molecule has 2 aliphatic rings. The van der Waals surface area contributed by atoms with Crippen molar-refractivity contribution >= 4 is 53.1 Å². The first-order valence-corrected chi connectivity index (χ1v) is 10.9. The largest absolute Gasteiger partial charge is 0.354 e. The van der Waals surface area contributed by atoms with E-state index in [1.165, 1.54) is 16.2 Å². The van der Waals surface area contributed by atoms with E-state index in [1.54, 1.807) is 0 Å². The van der Waals surface area contributed by atoms with Gasteiger partial charge in [0.25, 0.3) is 0 Å². The highest BCUT2D eigenvalue weighted by molar-refractivity contribution is 7.15. The van der Waals surface area contributed by atoms with Crippen LogP contribution in [0.25, 0.3) is 0 Å². The Hall–Kier alpha value is -0.930. The Labute approximate surface area is 189 Å². The highest BCUT2D eigenvalue weighted by atomic mass is 35.5. The summed E-state index contributed by atoms with van der Waals surface area (Å²) in [6.07, 6.45) is 5.05. The van der Waals surface area contributed by atoms with Crippen molar-refractivity contribution in [3.8, 4) is 0 Å². The Bertz CT molecular complexity index is 667. The number of hydrogen-bond donors (Lipinski definition) is 3. The monoisotopic (exact) mass is 465 g/mol.